The van der Waals surface area contributed by atoms with Gasteiger partial charge in [0.2, 0.25) is 5.95 Å². The van der Waals surface area contributed by atoms with Crippen LogP contribution < -0.4 is 10.6 Å². The molecule has 0 spiro atoms. The minimum absolute atomic E-state index is 0.0859. The molecule has 0 aliphatic rings. The van der Waals surface area contributed by atoms with Crippen LogP contribution in [-0.4, -0.2) is 9.97 Å². The third kappa shape index (κ3) is 5.37. The molecular formula is C21H20F3IN4. The van der Waals surface area contributed by atoms with Crippen LogP contribution in [0.5, 0.6) is 0 Å². The van der Waals surface area contributed by atoms with E-state index in [2.05, 4.69) is 43.2 Å². The maximum atomic E-state index is 13.5. The molecule has 1 heterocycles. The molecule has 29 heavy (non-hydrogen) atoms. The third-order valence-electron chi connectivity index (χ3n) is 4.55. The van der Waals surface area contributed by atoms with Crippen molar-refractivity contribution in [3.8, 4) is 0 Å². The second kappa shape index (κ2) is 8.98. The lowest BCUT2D eigenvalue weighted by molar-refractivity contribution is -0.137. The second-order valence-electron chi connectivity index (χ2n) is 6.61. The van der Waals surface area contributed by atoms with Crippen LogP contribution in [0.1, 0.15) is 37.3 Å². The van der Waals surface area contributed by atoms with Gasteiger partial charge in [0.15, 0.2) is 0 Å². The van der Waals surface area contributed by atoms with Gasteiger partial charge in [-0.15, -0.1) is 0 Å². The Morgan fingerprint density at radius 1 is 1.03 bits per heavy atom. The summed E-state index contributed by atoms with van der Waals surface area (Å²) in [6, 6.07) is 14.7. The van der Waals surface area contributed by atoms with E-state index in [9.17, 15) is 13.2 Å². The number of hydrogen-bond donors (Lipinski definition) is 2. The van der Waals surface area contributed by atoms with Crippen LogP contribution in [0.4, 0.5) is 36.3 Å². The Labute approximate surface area is 181 Å². The quantitative estimate of drug-likeness (QED) is 0.346. The summed E-state index contributed by atoms with van der Waals surface area (Å²) in [5.74, 6) is -0.00162. The minimum atomic E-state index is -4.57. The van der Waals surface area contributed by atoms with E-state index in [1.807, 2.05) is 50.2 Å². The van der Waals surface area contributed by atoms with Gasteiger partial charge in [-0.25, -0.2) is 4.98 Å². The summed E-state index contributed by atoms with van der Waals surface area (Å²) in [5.41, 5.74) is 1.32. The highest BCUT2D eigenvalue weighted by molar-refractivity contribution is 14.1. The lowest BCUT2D eigenvalue weighted by Gasteiger charge is -2.19. The number of nitrogens with one attached hydrogen (secondary N) is 2. The first-order valence-corrected chi connectivity index (χ1v) is 10.2. The summed E-state index contributed by atoms with van der Waals surface area (Å²) in [6.45, 7) is 4.07. The number of rotatable bonds is 6. The summed E-state index contributed by atoms with van der Waals surface area (Å²) in [5, 5.41) is 5.84. The molecule has 1 aromatic heterocycles. The van der Waals surface area contributed by atoms with Crippen molar-refractivity contribution < 1.29 is 13.2 Å². The fraction of sp³-hybridized carbons (Fsp3) is 0.238. The predicted octanol–water partition coefficient (Wildman–Crippen LogP) is 7.10. The molecule has 0 amide bonds. The molecule has 2 N–H and O–H groups in total. The second-order valence-corrected chi connectivity index (χ2v) is 7.85. The molecular weight excluding hydrogens is 492 g/mol. The van der Waals surface area contributed by atoms with E-state index in [0.717, 1.165) is 21.8 Å². The van der Waals surface area contributed by atoms with Crippen molar-refractivity contribution in [3.63, 3.8) is 0 Å². The first-order chi connectivity index (χ1) is 13.8. The van der Waals surface area contributed by atoms with Crippen LogP contribution in [0.15, 0.2) is 54.7 Å². The number of benzene rings is 2. The molecule has 0 fully saturated rings. The molecule has 4 nitrogen and oxygen atoms in total. The van der Waals surface area contributed by atoms with Crippen LogP contribution in [0.2, 0.25) is 0 Å². The topological polar surface area (TPSA) is 49.8 Å². The lowest BCUT2D eigenvalue weighted by Crippen LogP contribution is -2.13. The smallest absolute Gasteiger partial charge is 0.339 e. The fourth-order valence-electron chi connectivity index (χ4n) is 2.80. The molecule has 0 bridgehead atoms. The highest BCUT2D eigenvalue weighted by Gasteiger charge is 2.35. The van der Waals surface area contributed by atoms with Gasteiger partial charge in [0.1, 0.15) is 11.4 Å². The average Bonchev–Trinajstić information content (AvgIpc) is 2.69. The van der Waals surface area contributed by atoms with Gasteiger partial charge in [-0.2, -0.15) is 18.2 Å². The van der Waals surface area contributed by atoms with Gasteiger partial charge < -0.3 is 10.6 Å². The van der Waals surface area contributed by atoms with Crippen LogP contribution in [0.25, 0.3) is 0 Å². The molecule has 0 radical (unpaired) electrons. The molecule has 0 saturated heterocycles. The summed E-state index contributed by atoms with van der Waals surface area (Å²) < 4.78 is 41.7. The maximum absolute atomic E-state index is 13.5. The van der Waals surface area contributed by atoms with Crippen LogP contribution in [0.3, 0.4) is 0 Å². The minimum Gasteiger partial charge on any atom is -0.339 e. The summed E-state index contributed by atoms with van der Waals surface area (Å²) in [7, 11) is 0. The largest absolute Gasteiger partial charge is 0.421 e. The monoisotopic (exact) mass is 512 g/mol. The molecule has 0 aliphatic carbocycles. The van der Waals surface area contributed by atoms with Crippen LogP contribution in [-0.2, 0) is 6.18 Å². The molecule has 8 heteroatoms. The number of aromatic nitrogens is 2. The van der Waals surface area contributed by atoms with Crippen molar-refractivity contribution in [2.24, 2.45) is 0 Å². The molecule has 2 aromatic carbocycles. The maximum Gasteiger partial charge on any atom is 0.421 e. The van der Waals surface area contributed by atoms with Crippen molar-refractivity contribution in [1.29, 1.82) is 0 Å². The number of halogens is 4. The van der Waals surface area contributed by atoms with Crippen molar-refractivity contribution in [3.05, 3.63) is 69.4 Å². The Bertz CT molecular complexity index is 974. The molecule has 152 valence electrons. The number of anilines is 4. The normalized spacial score (nSPS) is 12.5. The number of alkyl halides is 3. The van der Waals surface area contributed by atoms with Gasteiger partial charge in [0, 0.05) is 21.1 Å². The zero-order valence-electron chi connectivity index (χ0n) is 15.9. The van der Waals surface area contributed by atoms with E-state index in [-0.39, 0.29) is 17.7 Å². The highest BCUT2D eigenvalue weighted by atomic mass is 127. The Hall–Kier alpha value is -2.36. The summed E-state index contributed by atoms with van der Waals surface area (Å²) in [4.78, 5) is 7.98. The highest BCUT2D eigenvalue weighted by Crippen LogP contribution is 2.37. The van der Waals surface area contributed by atoms with Gasteiger partial charge in [0.05, 0.1) is 0 Å². The van der Waals surface area contributed by atoms with E-state index in [4.69, 9.17) is 0 Å². The number of nitrogens with zero attached hydrogens (tertiary/aromatic N) is 2. The van der Waals surface area contributed by atoms with E-state index < -0.39 is 11.7 Å². The fourth-order valence-corrected chi connectivity index (χ4v) is 3.15. The van der Waals surface area contributed by atoms with E-state index >= 15 is 0 Å². The average molecular weight is 512 g/mol. The van der Waals surface area contributed by atoms with Gasteiger partial charge in [-0.1, -0.05) is 32.0 Å². The standard InChI is InChI=1S/C21H20F3IN4/c1-3-13(2)16-6-4-5-7-18(16)28-19-17(21(22,23)24)12-26-20(29-19)27-15-10-8-14(25)9-11-15/h4-13H,3H2,1-2H3,(H2,26,27,28,29). The van der Waals surface area contributed by atoms with Crippen molar-refractivity contribution in [1.82, 2.24) is 9.97 Å². The zero-order valence-corrected chi connectivity index (χ0v) is 18.0. The van der Waals surface area contributed by atoms with Crippen LogP contribution >= 0.6 is 22.6 Å². The first-order valence-electron chi connectivity index (χ1n) is 9.10. The van der Waals surface area contributed by atoms with Gasteiger partial charge >= 0.3 is 6.18 Å². The lowest BCUT2D eigenvalue weighted by atomic mass is 9.97. The zero-order chi connectivity index (χ0) is 21.0. The summed E-state index contributed by atoms with van der Waals surface area (Å²) >= 11 is 2.18. The number of hydrogen-bond acceptors (Lipinski definition) is 4. The SMILES string of the molecule is CCC(C)c1ccccc1Nc1nc(Nc2ccc(I)cc2)ncc1C(F)(F)F. The number of para-hydroxylation sites is 1. The molecule has 3 aromatic rings. The van der Waals surface area contributed by atoms with Crippen LogP contribution in [0, 0.1) is 3.57 Å². The molecule has 3 rings (SSSR count). The van der Waals surface area contributed by atoms with E-state index in [1.54, 1.807) is 12.1 Å². The third-order valence-corrected chi connectivity index (χ3v) is 5.27. The Morgan fingerprint density at radius 2 is 1.72 bits per heavy atom. The van der Waals surface area contributed by atoms with Gasteiger partial charge in [-0.3, -0.25) is 0 Å². The summed E-state index contributed by atoms with van der Waals surface area (Å²) in [6.07, 6.45) is -2.90. The van der Waals surface area contributed by atoms with Crippen molar-refractivity contribution >= 4 is 45.7 Å². The van der Waals surface area contributed by atoms with Crippen molar-refractivity contribution in [2.75, 3.05) is 10.6 Å². The molecule has 0 saturated carbocycles. The van der Waals surface area contributed by atoms with E-state index in [1.165, 1.54) is 0 Å². The molecule has 0 aliphatic heterocycles. The molecule has 1 atom stereocenters. The Kier molecular flexibility index (Phi) is 6.61. The Balaban J connectivity index is 1.98. The Morgan fingerprint density at radius 3 is 2.38 bits per heavy atom. The van der Waals surface area contributed by atoms with E-state index in [0.29, 0.717) is 11.4 Å². The van der Waals surface area contributed by atoms with Crippen molar-refractivity contribution in [2.45, 2.75) is 32.4 Å². The first kappa shape index (κ1) is 21.4. The predicted molar refractivity (Wildman–Crippen MR) is 118 cm³/mol. The van der Waals surface area contributed by atoms with Gasteiger partial charge in [-0.05, 0) is 70.8 Å². The van der Waals surface area contributed by atoms with Gasteiger partial charge in [0.25, 0.3) is 0 Å². The molecule has 1 unspecified atom stereocenters.